The van der Waals surface area contributed by atoms with Crippen LogP contribution in [0, 0.1) is 5.82 Å². The van der Waals surface area contributed by atoms with E-state index < -0.39 is 0 Å². The van der Waals surface area contributed by atoms with Crippen molar-refractivity contribution in [3.8, 4) is 0 Å². The molecule has 1 aliphatic heterocycles. The molecular weight excluding hydrogens is 310 g/mol. The summed E-state index contributed by atoms with van der Waals surface area (Å²) in [6.45, 7) is 3.23. The fraction of sp³-hybridized carbons (Fsp3) is 0.545. The van der Waals surface area contributed by atoms with Crippen LogP contribution in [-0.4, -0.2) is 35.6 Å². The lowest BCUT2D eigenvalue weighted by Crippen LogP contribution is -2.48. The number of hydrogen-bond acceptors (Lipinski definition) is 3. The van der Waals surface area contributed by atoms with Crippen molar-refractivity contribution < 1.29 is 9.13 Å². The third kappa shape index (κ3) is 3.09. The molecule has 2 atom stereocenters. The fourth-order valence-corrected chi connectivity index (χ4v) is 2.45. The molecule has 0 N–H and O–H groups in total. The van der Waals surface area contributed by atoms with E-state index >= 15 is 0 Å². The molecule has 3 nitrogen and oxygen atoms in total. The first-order valence-electron chi connectivity index (χ1n) is 5.37. The number of alkyl halides is 1. The Hall–Kier alpha value is -0.390. The third-order valence-electron chi connectivity index (χ3n) is 2.59. The zero-order valence-electron chi connectivity index (χ0n) is 9.37. The Morgan fingerprint density at radius 2 is 2.41 bits per heavy atom. The third-order valence-corrected chi connectivity index (χ3v) is 3.52. The van der Waals surface area contributed by atoms with Crippen LogP contribution in [-0.2, 0) is 4.74 Å². The second kappa shape index (κ2) is 5.50. The summed E-state index contributed by atoms with van der Waals surface area (Å²) in [6.07, 6.45) is 1.57. The number of pyridine rings is 1. The van der Waals surface area contributed by atoms with Gasteiger partial charge in [0.1, 0.15) is 0 Å². The Morgan fingerprint density at radius 1 is 1.65 bits per heavy atom. The van der Waals surface area contributed by atoms with Crippen molar-refractivity contribution in [2.24, 2.45) is 0 Å². The fourth-order valence-electron chi connectivity index (χ4n) is 1.94. The van der Waals surface area contributed by atoms with Crippen molar-refractivity contribution >= 4 is 33.3 Å². The van der Waals surface area contributed by atoms with E-state index in [0.717, 1.165) is 5.33 Å². The molecule has 2 rings (SSSR count). The second-order valence-electron chi connectivity index (χ2n) is 4.09. The number of aromatic nitrogens is 1. The highest BCUT2D eigenvalue weighted by Gasteiger charge is 2.27. The number of nitrogens with zero attached hydrogens (tertiary/aromatic N) is 2. The molecule has 0 aliphatic carbocycles. The van der Waals surface area contributed by atoms with Gasteiger partial charge in [-0.05, 0) is 13.0 Å². The Kier molecular flexibility index (Phi) is 4.22. The largest absolute Gasteiger partial charge is 0.371 e. The summed E-state index contributed by atoms with van der Waals surface area (Å²) < 4.78 is 19.4. The maximum absolute atomic E-state index is 13.8. The van der Waals surface area contributed by atoms with Crippen LogP contribution in [0.1, 0.15) is 6.92 Å². The van der Waals surface area contributed by atoms with Crippen LogP contribution in [0.4, 0.5) is 10.2 Å². The number of halogens is 3. The summed E-state index contributed by atoms with van der Waals surface area (Å²) in [4.78, 5) is 5.95. The van der Waals surface area contributed by atoms with Gasteiger partial charge in [-0.25, -0.2) is 9.37 Å². The second-order valence-corrected chi connectivity index (χ2v) is 5.17. The van der Waals surface area contributed by atoms with Crippen molar-refractivity contribution in [1.29, 1.82) is 0 Å². The van der Waals surface area contributed by atoms with E-state index in [4.69, 9.17) is 16.3 Å². The first kappa shape index (κ1) is 13.1. The lowest BCUT2D eigenvalue weighted by atomic mass is 10.2. The number of hydrogen-bond donors (Lipinski definition) is 0. The van der Waals surface area contributed by atoms with Gasteiger partial charge in [-0.2, -0.15) is 0 Å². The molecule has 1 aliphatic rings. The lowest BCUT2D eigenvalue weighted by molar-refractivity contribution is -0.00242. The van der Waals surface area contributed by atoms with Gasteiger partial charge in [0.2, 0.25) is 0 Å². The Balaban J connectivity index is 2.20. The predicted octanol–water partition coefficient (Wildman–Crippen LogP) is 2.86. The Labute approximate surface area is 113 Å². The Bertz CT molecular complexity index is 407. The molecule has 6 heteroatoms. The van der Waals surface area contributed by atoms with Gasteiger partial charge in [-0.3, -0.25) is 0 Å². The van der Waals surface area contributed by atoms with Crippen LogP contribution in [0.2, 0.25) is 5.02 Å². The van der Waals surface area contributed by atoms with Gasteiger partial charge in [0.05, 0.1) is 17.2 Å². The Morgan fingerprint density at radius 3 is 3.06 bits per heavy atom. The molecule has 0 radical (unpaired) electrons. The van der Waals surface area contributed by atoms with Crippen molar-refractivity contribution in [3.05, 3.63) is 23.1 Å². The van der Waals surface area contributed by atoms with Gasteiger partial charge in [-0.1, -0.05) is 27.5 Å². The maximum atomic E-state index is 13.8. The zero-order chi connectivity index (χ0) is 12.4. The molecule has 0 bridgehead atoms. The van der Waals surface area contributed by atoms with Crippen molar-refractivity contribution in [2.75, 3.05) is 23.3 Å². The van der Waals surface area contributed by atoms with E-state index in [9.17, 15) is 4.39 Å². The van der Waals surface area contributed by atoms with E-state index in [2.05, 4.69) is 20.9 Å². The minimum Gasteiger partial charge on any atom is -0.371 e. The van der Waals surface area contributed by atoms with Gasteiger partial charge in [0.15, 0.2) is 11.6 Å². The minimum atomic E-state index is -0.389. The van der Waals surface area contributed by atoms with E-state index in [1.54, 1.807) is 0 Å². The smallest absolute Gasteiger partial charge is 0.167 e. The summed E-state index contributed by atoms with van der Waals surface area (Å²) in [5, 5.41) is 1.04. The van der Waals surface area contributed by atoms with Gasteiger partial charge in [-0.15, -0.1) is 0 Å². The summed E-state index contributed by atoms with van der Waals surface area (Å²) >= 11 is 9.07. The highest BCUT2D eigenvalue weighted by atomic mass is 79.9. The average molecular weight is 324 g/mol. The normalized spacial score (nSPS) is 25.1. The molecule has 1 fully saturated rings. The average Bonchev–Trinajstić information content (AvgIpc) is 2.28. The maximum Gasteiger partial charge on any atom is 0.167 e. The topological polar surface area (TPSA) is 25.4 Å². The first-order chi connectivity index (χ1) is 8.10. The van der Waals surface area contributed by atoms with E-state index in [0.29, 0.717) is 23.9 Å². The molecule has 0 saturated carbocycles. The molecule has 1 aromatic rings. The van der Waals surface area contributed by atoms with Crippen LogP contribution in [0.15, 0.2) is 12.3 Å². The number of anilines is 1. The molecule has 1 aromatic heterocycles. The number of ether oxygens (including phenoxy) is 1. The SMILES string of the molecule is CC1CN(c2ncc(Cl)cc2F)CC(CBr)O1. The highest BCUT2D eigenvalue weighted by Crippen LogP contribution is 2.23. The summed E-state index contributed by atoms with van der Waals surface area (Å²) in [5.74, 6) is -0.0459. The lowest BCUT2D eigenvalue weighted by Gasteiger charge is -2.36. The molecule has 1 saturated heterocycles. The molecule has 17 heavy (non-hydrogen) atoms. The van der Waals surface area contributed by atoms with Gasteiger partial charge >= 0.3 is 0 Å². The van der Waals surface area contributed by atoms with Crippen molar-refractivity contribution in [2.45, 2.75) is 19.1 Å². The van der Waals surface area contributed by atoms with Crippen molar-refractivity contribution in [3.63, 3.8) is 0 Å². The predicted molar refractivity (Wildman–Crippen MR) is 69.5 cm³/mol. The number of morpholine rings is 1. The van der Waals surface area contributed by atoms with Gasteiger partial charge < -0.3 is 9.64 Å². The zero-order valence-corrected chi connectivity index (χ0v) is 11.7. The van der Waals surface area contributed by atoms with E-state index in [1.165, 1.54) is 12.3 Å². The summed E-state index contributed by atoms with van der Waals surface area (Å²) in [6, 6.07) is 1.28. The minimum absolute atomic E-state index is 0.0515. The summed E-state index contributed by atoms with van der Waals surface area (Å²) in [7, 11) is 0. The van der Waals surface area contributed by atoms with E-state index in [1.807, 2.05) is 11.8 Å². The molecule has 0 amide bonds. The summed E-state index contributed by atoms with van der Waals surface area (Å²) in [5.41, 5.74) is 0. The monoisotopic (exact) mass is 322 g/mol. The number of rotatable bonds is 2. The molecular formula is C11H13BrClFN2O. The molecule has 0 aromatic carbocycles. The quantitative estimate of drug-likeness (QED) is 0.783. The van der Waals surface area contributed by atoms with Gasteiger partial charge in [0, 0.05) is 24.6 Å². The molecule has 2 heterocycles. The standard InChI is InChI=1S/C11H13BrClFN2O/c1-7-5-16(6-9(3-12)17-7)11-10(14)2-8(13)4-15-11/h2,4,7,9H,3,5-6H2,1H3. The molecule has 0 spiro atoms. The molecule has 94 valence electrons. The highest BCUT2D eigenvalue weighted by molar-refractivity contribution is 9.09. The van der Waals surface area contributed by atoms with Crippen LogP contribution < -0.4 is 4.90 Å². The van der Waals surface area contributed by atoms with Crippen LogP contribution in [0.5, 0.6) is 0 Å². The first-order valence-corrected chi connectivity index (χ1v) is 6.87. The van der Waals surface area contributed by atoms with Crippen molar-refractivity contribution in [1.82, 2.24) is 4.98 Å². The van der Waals surface area contributed by atoms with Crippen LogP contribution >= 0.6 is 27.5 Å². The molecule has 2 unspecified atom stereocenters. The van der Waals surface area contributed by atoms with Gasteiger partial charge in [0.25, 0.3) is 0 Å². The van der Waals surface area contributed by atoms with Crippen LogP contribution in [0.3, 0.4) is 0 Å². The van der Waals surface area contributed by atoms with Crippen LogP contribution in [0.25, 0.3) is 0 Å². The van der Waals surface area contributed by atoms with E-state index in [-0.39, 0.29) is 18.0 Å².